The van der Waals surface area contributed by atoms with Gasteiger partial charge in [0, 0.05) is 19.3 Å². The average molecular weight is 249 g/mol. The van der Waals surface area contributed by atoms with Crippen molar-refractivity contribution < 1.29 is 9.53 Å². The summed E-state index contributed by atoms with van der Waals surface area (Å²) in [6, 6.07) is 3.53. The Hall–Kier alpha value is -2.15. The Balaban J connectivity index is 1.83. The number of aryl methyl sites for hydroxylation is 1. The molecule has 0 amide bonds. The van der Waals surface area contributed by atoms with Crippen LogP contribution >= 0.6 is 0 Å². The minimum atomic E-state index is -0.368. The van der Waals surface area contributed by atoms with Crippen molar-refractivity contribution in [2.24, 2.45) is 7.05 Å². The minimum Gasteiger partial charge on any atom is -0.464 e. The van der Waals surface area contributed by atoms with E-state index in [1.54, 1.807) is 17.1 Å². The van der Waals surface area contributed by atoms with Crippen LogP contribution in [0.4, 0.5) is 0 Å². The third-order valence-electron chi connectivity index (χ3n) is 2.40. The number of ether oxygens (including phenoxy) is 1. The molecule has 0 fully saturated rings. The molecule has 0 unspecified atom stereocenters. The molecule has 96 valence electrons. The van der Waals surface area contributed by atoms with Gasteiger partial charge in [-0.25, -0.2) is 9.78 Å². The summed E-state index contributed by atoms with van der Waals surface area (Å²) in [4.78, 5) is 18.3. The number of methoxy groups -OCH3 is 1. The largest absolute Gasteiger partial charge is 0.464 e. The van der Waals surface area contributed by atoms with Gasteiger partial charge in [-0.3, -0.25) is 4.68 Å². The van der Waals surface area contributed by atoms with Crippen LogP contribution < -0.4 is 5.32 Å². The normalized spacial score (nSPS) is 10.6. The fourth-order valence-electron chi connectivity index (χ4n) is 1.55. The molecule has 0 aliphatic heterocycles. The molecule has 0 saturated heterocycles. The maximum absolute atomic E-state index is 11.2. The second-order valence-electron chi connectivity index (χ2n) is 3.83. The lowest BCUT2D eigenvalue weighted by atomic mass is 10.4. The SMILES string of the molecule is COC(=O)c1ccc(CNCc2ncn(C)n2)[nH]1. The molecule has 2 N–H and O–H groups in total. The Morgan fingerprint density at radius 3 is 3.00 bits per heavy atom. The lowest BCUT2D eigenvalue weighted by Gasteiger charge is -2.00. The van der Waals surface area contributed by atoms with Crippen LogP contribution in [-0.4, -0.2) is 32.8 Å². The van der Waals surface area contributed by atoms with E-state index in [-0.39, 0.29) is 5.97 Å². The summed E-state index contributed by atoms with van der Waals surface area (Å²) in [5.41, 5.74) is 1.36. The first-order valence-corrected chi connectivity index (χ1v) is 5.50. The number of aromatic nitrogens is 4. The predicted molar refractivity (Wildman–Crippen MR) is 63.7 cm³/mol. The number of esters is 1. The number of aromatic amines is 1. The summed E-state index contributed by atoms with van der Waals surface area (Å²) in [6.45, 7) is 1.18. The van der Waals surface area contributed by atoms with Gasteiger partial charge < -0.3 is 15.0 Å². The second-order valence-corrected chi connectivity index (χ2v) is 3.83. The van der Waals surface area contributed by atoms with Crippen LogP contribution in [0.1, 0.15) is 22.0 Å². The highest BCUT2D eigenvalue weighted by atomic mass is 16.5. The summed E-state index contributed by atoms with van der Waals surface area (Å²) in [5, 5.41) is 7.33. The first-order chi connectivity index (χ1) is 8.69. The molecular weight excluding hydrogens is 234 g/mol. The van der Waals surface area contributed by atoms with Gasteiger partial charge in [0.1, 0.15) is 12.0 Å². The zero-order chi connectivity index (χ0) is 13.0. The van der Waals surface area contributed by atoms with E-state index < -0.39 is 0 Å². The van der Waals surface area contributed by atoms with Crippen LogP contribution in [0.5, 0.6) is 0 Å². The molecule has 2 heterocycles. The summed E-state index contributed by atoms with van der Waals surface area (Å²) < 4.78 is 6.27. The van der Waals surface area contributed by atoms with E-state index in [0.717, 1.165) is 11.5 Å². The van der Waals surface area contributed by atoms with Gasteiger partial charge in [-0.05, 0) is 12.1 Å². The molecule has 0 saturated carbocycles. The Kier molecular flexibility index (Phi) is 3.73. The first kappa shape index (κ1) is 12.3. The van der Waals surface area contributed by atoms with Crippen LogP contribution in [0.3, 0.4) is 0 Å². The standard InChI is InChI=1S/C11H15N5O2/c1-16-7-13-10(15-16)6-12-5-8-3-4-9(14-8)11(17)18-2/h3-4,7,12,14H,5-6H2,1-2H3. The van der Waals surface area contributed by atoms with E-state index in [4.69, 9.17) is 0 Å². The maximum Gasteiger partial charge on any atom is 0.354 e. The lowest BCUT2D eigenvalue weighted by Crippen LogP contribution is -2.14. The Morgan fingerprint density at radius 2 is 2.33 bits per heavy atom. The molecule has 18 heavy (non-hydrogen) atoms. The van der Waals surface area contributed by atoms with Crippen molar-refractivity contribution in [3.63, 3.8) is 0 Å². The molecule has 2 rings (SSSR count). The molecule has 0 aromatic carbocycles. The Bertz CT molecular complexity index is 531. The topological polar surface area (TPSA) is 84.8 Å². The minimum absolute atomic E-state index is 0.368. The molecule has 0 aliphatic carbocycles. The van der Waals surface area contributed by atoms with Crippen molar-refractivity contribution in [3.8, 4) is 0 Å². The van der Waals surface area contributed by atoms with Gasteiger partial charge in [0.15, 0.2) is 5.82 Å². The predicted octanol–water partition coefficient (Wildman–Crippen LogP) is 0.220. The van der Waals surface area contributed by atoms with E-state index in [0.29, 0.717) is 18.8 Å². The second kappa shape index (κ2) is 5.46. The summed E-state index contributed by atoms with van der Waals surface area (Å²) in [5.74, 6) is 0.366. The van der Waals surface area contributed by atoms with E-state index in [2.05, 4.69) is 25.1 Å². The van der Waals surface area contributed by atoms with Crippen LogP contribution in [0.15, 0.2) is 18.5 Å². The molecule has 7 nitrogen and oxygen atoms in total. The number of carbonyl (C=O) groups excluding carboxylic acids is 1. The number of rotatable bonds is 5. The first-order valence-electron chi connectivity index (χ1n) is 5.50. The highest BCUT2D eigenvalue weighted by molar-refractivity contribution is 5.87. The molecule has 0 bridgehead atoms. The third kappa shape index (κ3) is 2.95. The number of hydrogen-bond acceptors (Lipinski definition) is 5. The Morgan fingerprint density at radius 1 is 1.50 bits per heavy atom. The van der Waals surface area contributed by atoms with Crippen molar-refractivity contribution in [1.82, 2.24) is 25.1 Å². The zero-order valence-electron chi connectivity index (χ0n) is 10.3. The fraction of sp³-hybridized carbons (Fsp3) is 0.364. The smallest absolute Gasteiger partial charge is 0.354 e. The van der Waals surface area contributed by atoms with Crippen LogP contribution in [-0.2, 0) is 24.9 Å². The Labute approximate surface area is 104 Å². The van der Waals surface area contributed by atoms with Crippen LogP contribution in [0.2, 0.25) is 0 Å². The summed E-state index contributed by atoms with van der Waals surface area (Å²) in [7, 11) is 3.18. The molecular formula is C11H15N5O2. The molecule has 0 aliphatic rings. The summed E-state index contributed by atoms with van der Waals surface area (Å²) in [6.07, 6.45) is 1.65. The molecule has 0 spiro atoms. The number of nitrogens with zero attached hydrogens (tertiary/aromatic N) is 3. The van der Waals surface area contributed by atoms with Crippen LogP contribution in [0.25, 0.3) is 0 Å². The number of H-pyrrole nitrogens is 1. The van der Waals surface area contributed by atoms with Gasteiger partial charge in [-0.15, -0.1) is 0 Å². The molecule has 7 heteroatoms. The number of carbonyl (C=O) groups is 1. The van der Waals surface area contributed by atoms with Gasteiger partial charge >= 0.3 is 5.97 Å². The van der Waals surface area contributed by atoms with E-state index in [1.807, 2.05) is 13.1 Å². The highest BCUT2D eigenvalue weighted by Crippen LogP contribution is 2.03. The van der Waals surface area contributed by atoms with Crippen molar-refractivity contribution in [2.75, 3.05) is 7.11 Å². The average Bonchev–Trinajstić information content (AvgIpc) is 2.98. The van der Waals surface area contributed by atoms with E-state index >= 15 is 0 Å². The van der Waals surface area contributed by atoms with Gasteiger partial charge in [-0.2, -0.15) is 5.10 Å². The molecule has 2 aromatic heterocycles. The van der Waals surface area contributed by atoms with Gasteiger partial charge in [0.05, 0.1) is 13.7 Å². The number of nitrogens with one attached hydrogen (secondary N) is 2. The van der Waals surface area contributed by atoms with Crippen molar-refractivity contribution >= 4 is 5.97 Å². The summed E-state index contributed by atoms with van der Waals surface area (Å²) >= 11 is 0. The third-order valence-corrected chi connectivity index (χ3v) is 2.40. The number of hydrogen-bond donors (Lipinski definition) is 2. The van der Waals surface area contributed by atoms with E-state index in [9.17, 15) is 4.79 Å². The van der Waals surface area contributed by atoms with Crippen molar-refractivity contribution in [1.29, 1.82) is 0 Å². The van der Waals surface area contributed by atoms with E-state index in [1.165, 1.54) is 7.11 Å². The van der Waals surface area contributed by atoms with Gasteiger partial charge in [0.25, 0.3) is 0 Å². The molecule has 0 radical (unpaired) electrons. The van der Waals surface area contributed by atoms with Crippen LogP contribution in [0, 0.1) is 0 Å². The zero-order valence-corrected chi connectivity index (χ0v) is 10.3. The maximum atomic E-state index is 11.2. The quantitative estimate of drug-likeness (QED) is 0.740. The lowest BCUT2D eigenvalue weighted by molar-refractivity contribution is 0.0594. The molecule has 0 atom stereocenters. The van der Waals surface area contributed by atoms with Crippen molar-refractivity contribution in [2.45, 2.75) is 13.1 Å². The fourth-order valence-corrected chi connectivity index (χ4v) is 1.55. The van der Waals surface area contributed by atoms with Gasteiger partial charge in [0.2, 0.25) is 0 Å². The van der Waals surface area contributed by atoms with Gasteiger partial charge in [-0.1, -0.05) is 0 Å². The molecule has 2 aromatic rings. The highest BCUT2D eigenvalue weighted by Gasteiger charge is 2.07. The van der Waals surface area contributed by atoms with Crippen molar-refractivity contribution in [3.05, 3.63) is 35.7 Å². The monoisotopic (exact) mass is 249 g/mol.